The third-order valence-electron chi connectivity index (χ3n) is 7.79. The topological polar surface area (TPSA) is 98.7 Å². The summed E-state index contributed by atoms with van der Waals surface area (Å²) in [5, 5.41) is 3.05. The fourth-order valence-corrected chi connectivity index (χ4v) is 5.50. The van der Waals surface area contributed by atoms with Crippen LogP contribution in [0.4, 0.5) is 29.6 Å². The first kappa shape index (κ1) is 26.9. The first-order valence-electron chi connectivity index (χ1n) is 13.2. The molecule has 3 aliphatic rings. The average Bonchev–Trinajstić information content (AvgIpc) is 3.17. The number of amides is 4. The number of halogens is 3. The van der Waals surface area contributed by atoms with E-state index in [1.54, 1.807) is 21.9 Å². The standard InChI is InChI=1S/C27H31F3N6O3/c1-16(2)17-3-5-20(6-4-17)36-24(38)21-15-19(10-14-35(21)26(36)39)32-23(37)18-8-12-34(13-9-18)25-31-11-7-22(33-25)27(28,29)30/h3-7,11,16,18-19,21H,8-10,12-15H2,1-2H3,(H,32,37). The van der Waals surface area contributed by atoms with Gasteiger partial charge in [-0.25, -0.2) is 19.7 Å². The summed E-state index contributed by atoms with van der Waals surface area (Å²) in [6, 6.07) is 7.05. The van der Waals surface area contributed by atoms with E-state index in [1.165, 1.54) is 4.90 Å². The van der Waals surface area contributed by atoms with E-state index in [0.717, 1.165) is 17.8 Å². The molecule has 2 unspecified atom stereocenters. The van der Waals surface area contributed by atoms with Crippen molar-refractivity contribution in [2.24, 2.45) is 5.92 Å². The number of aromatic nitrogens is 2. The van der Waals surface area contributed by atoms with Crippen molar-refractivity contribution in [1.29, 1.82) is 0 Å². The molecule has 12 heteroatoms. The number of hydrogen-bond donors (Lipinski definition) is 1. The lowest BCUT2D eigenvalue weighted by Crippen LogP contribution is -2.51. The van der Waals surface area contributed by atoms with Crippen molar-refractivity contribution in [1.82, 2.24) is 20.2 Å². The molecule has 3 fully saturated rings. The number of urea groups is 1. The number of hydrogen-bond acceptors (Lipinski definition) is 6. The zero-order valence-electron chi connectivity index (χ0n) is 21.8. The van der Waals surface area contributed by atoms with Gasteiger partial charge in [0.2, 0.25) is 11.9 Å². The van der Waals surface area contributed by atoms with Crippen molar-refractivity contribution < 1.29 is 27.6 Å². The zero-order valence-corrected chi connectivity index (χ0v) is 21.8. The maximum Gasteiger partial charge on any atom is 0.433 e. The monoisotopic (exact) mass is 544 g/mol. The SMILES string of the molecule is CC(C)c1ccc(N2C(=O)C3CC(NC(=O)C4CCN(c5nccc(C(F)(F)F)n5)CC4)CCN3C2=O)cc1. The molecular weight excluding hydrogens is 513 g/mol. The van der Waals surface area contributed by atoms with Crippen LogP contribution in [0.1, 0.15) is 56.7 Å². The van der Waals surface area contributed by atoms with Crippen LogP contribution >= 0.6 is 0 Å². The van der Waals surface area contributed by atoms with Gasteiger partial charge >= 0.3 is 12.2 Å². The molecule has 2 aromatic rings. The second kappa shape index (κ2) is 10.5. The summed E-state index contributed by atoms with van der Waals surface area (Å²) in [5.74, 6) is -0.395. The second-order valence-electron chi connectivity index (χ2n) is 10.6. The van der Waals surface area contributed by atoms with Crippen LogP contribution in [0.3, 0.4) is 0 Å². The van der Waals surface area contributed by atoms with E-state index in [2.05, 4.69) is 29.1 Å². The Morgan fingerprint density at radius 1 is 1.03 bits per heavy atom. The molecule has 0 radical (unpaired) electrons. The molecule has 1 aromatic heterocycles. The van der Waals surface area contributed by atoms with Gasteiger partial charge in [-0.15, -0.1) is 0 Å². The van der Waals surface area contributed by atoms with Gasteiger partial charge in [-0.2, -0.15) is 13.2 Å². The average molecular weight is 545 g/mol. The van der Waals surface area contributed by atoms with Gasteiger partial charge in [-0.05, 0) is 55.4 Å². The van der Waals surface area contributed by atoms with E-state index in [0.29, 0.717) is 56.9 Å². The summed E-state index contributed by atoms with van der Waals surface area (Å²) in [4.78, 5) is 51.3. The van der Waals surface area contributed by atoms with Gasteiger partial charge in [0, 0.05) is 37.8 Å². The summed E-state index contributed by atoms with van der Waals surface area (Å²) in [5.41, 5.74) is 0.664. The van der Waals surface area contributed by atoms with E-state index in [9.17, 15) is 27.6 Å². The number of carbonyl (C=O) groups excluding carboxylic acids is 3. The maximum absolute atomic E-state index is 13.2. The van der Waals surface area contributed by atoms with Crippen LogP contribution in [0.5, 0.6) is 0 Å². The van der Waals surface area contributed by atoms with E-state index >= 15 is 0 Å². The second-order valence-corrected chi connectivity index (χ2v) is 10.6. The molecule has 1 N–H and O–H groups in total. The summed E-state index contributed by atoms with van der Waals surface area (Å²) >= 11 is 0. The van der Waals surface area contributed by atoms with Crippen molar-refractivity contribution in [3.05, 3.63) is 47.8 Å². The van der Waals surface area contributed by atoms with Gasteiger partial charge in [0.05, 0.1) is 5.69 Å². The predicted octanol–water partition coefficient (Wildman–Crippen LogP) is 3.95. The molecule has 3 saturated heterocycles. The number of nitrogens with one attached hydrogen (secondary N) is 1. The number of carbonyl (C=O) groups is 3. The third-order valence-corrected chi connectivity index (χ3v) is 7.79. The van der Waals surface area contributed by atoms with Crippen LogP contribution < -0.4 is 15.1 Å². The molecule has 9 nitrogen and oxygen atoms in total. The molecule has 0 bridgehead atoms. The van der Waals surface area contributed by atoms with Gasteiger partial charge in [0.15, 0.2) is 0 Å². The highest BCUT2D eigenvalue weighted by Crippen LogP contribution is 2.33. The van der Waals surface area contributed by atoms with Crippen molar-refractivity contribution in [3.8, 4) is 0 Å². The van der Waals surface area contributed by atoms with Crippen molar-refractivity contribution in [2.45, 2.75) is 63.7 Å². The van der Waals surface area contributed by atoms with Crippen LogP contribution in [0.25, 0.3) is 0 Å². The molecule has 1 aromatic carbocycles. The van der Waals surface area contributed by atoms with Crippen LogP contribution in [0, 0.1) is 5.92 Å². The number of nitrogens with zero attached hydrogens (tertiary/aromatic N) is 5. The Bertz CT molecular complexity index is 1240. The van der Waals surface area contributed by atoms with Crippen LogP contribution in [-0.4, -0.2) is 64.4 Å². The number of rotatable bonds is 5. The molecule has 39 heavy (non-hydrogen) atoms. The lowest BCUT2D eigenvalue weighted by atomic mass is 9.93. The first-order valence-corrected chi connectivity index (χ1v) is 13.2. The maximum atomic E-state index is 13.2. The fourth-order valence-electron chi connectivity index (χ4n) is 5.50. The van der Waals surface area contributed by atoms with Gasteiger partial charge in [0.1, 0.15) is 11.7 Å². The van der Waals surface area contributed by atoms with Crippen molar-refractivity contribution >= 4 is 29.5 Å². The number of fused-ring (bicyclic) bond motifs is 1. The lowest BCUT2D eigenvalue weighted by Gasteiger charge is -2.35. The molecule has 4 heterocycles. The molecule has 208 valence electrons. The quantitative estimate of drug-likeness (QED) is 0.573. The summed E-state index contributed by atoms with van der Waals surface area (Å²) in [6.45, 7) is 5.23. The third kappa shape index (κ3) is 5.41. The molecule has 5 rings (SSSR count). The van der Waals surface area contributed by atoms with Crippen molar-refractivity contribution in [3.63, 3.8) is 0 Å². The van der Waals surface area contributed by atoms with Crippen LogP contribution in [-0.2, 0) is 15.8 Å². The summed E-state index contributed by atoms with van der Waals surface area (Å²) < 4.78 is 39.0. The first-order chi connectivity index (χ1) is 18.5. The Morgan fingerprint density at radius 3 is 2.36 bits per heavy atom. The molecule has 2 atom stereocenters. The summed E-state index contributed by atoms with van der Waals surface area (Å²) in [7, 11) is 0. The van der Waals surface area contributed by atoms with Crippen LogP contribution in [0.15, 0.2) is 36.5 Å². The minimum atomic E-state index is -4.55. The number of piperidine rings is 2. The molecule has 3 aliphatic heterocycles. The molecule has 4 amide bonds. The van der Waals surface area contributed by atoms with E-state index in [4.69, 9.17) is 0 Å². The minimum absolute atomic E-state index is 0.00358. The number of imide groups is 1. The lowest BCUT2D eigenvalue weighted by molar-refractivity contribution is -0.141. The Hall–Kier alpha value is -3.70. The number of benzene rings is 1. The number of anilines is 2. The smallest absolute Gasteiger partial charge is 0.353 e. The highest BCUT2D eigenvalue weighted by molar-refractivity contribution is 6.21. The Kier molecular flexibility index (Phi) is 7.21. The highest BCUT2D eigenvalue weighted by Gasteiger charge is 2.49. The Balaban J connectivity index is 1.16. The van der Waals surface area contributed by atoms with E-state index in [-0.39, 0.29) is 35.8 Å². The largest absolute Gasteiger partial charge is 0.433 e. The van der Waals surface area contributed by atoms with Crippen LogP contribution in [0.2, 0.25) is 0 Å². The van der Waals surface area contributed by atoms with E-state index < -0.39 is 17.9 Å². The normalized spacial score (nSPS) is 22.5. The van der Waals surface area contributed by atoms with Crippen molar-refractivity contribution in [2.75, 3.05) is 29.4 Å². The van der Waals surface area contributed by atoms with E-state index in [1.807, 2.05) is 12.1 Å². The van der Waals surface area contributed by atoms with Gasteiger partial charge in [0.25, 0.3) is 5.91 Å². The Morgan fingerprint density at radius 2 is 1.72 bits per heavy atom. The van der Waals surface area contributed by atoms with Gasteiger partial charge < -0.3 is 15.1 Å². The molecule has 0 saturated carbocycles. The fraction of sp³-hybridized carbons (Fsp3) is 0.519. The minimum Gasteiger partial charge on any atom is -0.353 e. The van der Waals surface area contributed by atoms with Gasteiger partial charge in [-0.1, -0.05) is 26.0 Å². The molecule has 0 spiro atoms. The van der Waals surface area contributed by atoms with Gasteiger partial charge in [-0.3, -0.25) is 9.59 Å². The summed E-state index contributed by atoms with van der Waals surface area (Å²) in [6.07, 6.45) is -1.68. The molecule has 0 aliphatic carbocycles. The number of alkyl halides is 3. The molecular formula is C27H31F3N6O3. The Labute approximate surface area is 224 Å². The predicted molar refractivity (Wildman–Crippen MR) is 137 cm³/mol. The zero-order chi connectivity index (χ0) is 27.9. The highest BCUT2D eigenvalue weighted by atomic mass is 19.4.